The van der Waals surface area contributed by atoms with Crippen molar-refractivity contribution < 1.29 is 0 Å². The maximum Gasteiger partial charge on any atom is 0.156 e. The van der Waals surface area contributed by atoms with Crippen molar-refractivity contribution in [3.63, 3.8) is 0 Å². The lowest BCUT2D eigenvalue weighted by atomic mass is 10.0. The zero-order valence-electron chi connectivity index (χ0n) is 21.1. The highest BCUT2D eigenvalue weighted by atomic mass is 15.4. The van der Waals surface area contributed by atoms with Crippen LogP contribution < -0.4 is 5.32 Å². The molecule has 5 aromatic rings. The lowest BCUT2D eigenvalue weighted by molar-refractivity contribution is 0.855. The summed E-state index contributed by atoms with van der Waals surface area (Å²) in [5, 5.41) is 18.9. The van der Waals surface area contributed by atoms with Gasteiger partial charge in [-0.05, 0) is 57.4 Å². The highest BCUT2D eigenvalue weighted by Gasteiger charge is 2.19. The van der Waals surface area contributed by atoms with Gasteiger partial charge in [0.1, 0.15) is 23.3 Å². The zero-order valence-corrected chi connectivity index (χ0v) is 21.1. The molecule has 7 nitrogen and oxygen atoms in total. The van der Waals surface area contributed by atoms with Crippen LogP contribution in [0.3, 0.4) is 0 Å². The van der Waals surface area contributed by atoms with Gasteiger partial charge in [-0.15, -0.1) is 0 Å². The second-order valence-corrected chi connectivity index (χ2v) is 9.17. The predicted octanol–water partition coefficient (Wildman–Crippen LogP) is 5.96. The van der Waals surface area contributed by atoms with Crippen molar-refractivity contribution in [3.8, 4) is 11.9 Å². The van der Waals surface area contributed by atoms with Crippen LogP contribution in [0.1, 0.15) is 44.9 Å². The molecule has 0 spiro atoms. The van der Waals surface area contributed by atoms with Crippen LogP contribution in [0, 0.1) is 45.9 Å². The van der Waals surface area contributed by atoms with Gasteiger partial charge in [-0.1, -0.05) is 48.0 Å². The third-order valence-electron chi connectivity index (χ3n) is 6.41. The van der Waals surface area contributed by atoms with Crippen LogP contribution >= 0.6 is 0 Å². The third-order valence-corrected chi connectivity index (χ3v) is 6.41. The molecule has 3 heterocycles. The van der Waals surface area contributed by atoms with E-state index in [1.54, 1.807) is 10.9 Å². The van der Waals surface area contributed by atoms with Gasteiger partial charge in [-0.3, -0.25) is 0 Å². The van der Waals surface area contributed by atoms with Crippen LogP contribution in [0.4, 0.5) is 11.6 Å². The van der Waals surface area contributed by atoms with E-state index in [-0.39, 0.29) is 0 Å². The van der Waals surface area contributed by atoms with Crippen LogP contribution in [0.2, 0.25) is 0 Å². The van der Waals surface area contributed by atoms with Crippen molar-refractivity contribution in [2.45, 2.75) is 41.0 Å². The van der Waals surface area contributed by atoms with Gasteiger partial charge in [0.15, 0.2) is 11.6 Å². The summed E-state index contributed by atoms with van der Waals surface area (Å²) >= 11 is 0. The van der Waals surface area contributed by atoms with Crippen LogP contribution in [0.15, 0.2) is 54.7 Å². The number of hydrogen-bond donors (Lipinski definition) is 1. The average molecular weight is 474 g/mol. The molecular formula is C29H27N7. The normalized spacial score (nSPS) is 11.0. The number of fused-ring (bicyclic) bond motifs is 1. The minimum Gasteiger partial charge on any atom is -0.323 e. The molecule has 5 rings (SSSR count). The summed E-state index contributed by atoms with van der Waals surface area (Å²) in [6.07, 6.45) is 2.22. The van der Waals surface area contributed by atoms with Crippen molar-refractivity contribution in [2.24, 2.45) is 0 Å². The Balaban J connectivity index is 1.62. The average Bonchev–Trinajstić information content (AvgIpc) is 3.25. The maximum absolute atomic E-state index is 9.87. The Morgan fingerprint density at radius 3 is 2.44 bits per heavy atom. The van der Waals surface area contributed by atoms with Crippen LogP contribution in [-0.4, -0.2) is 24.7 Å². The number of nitriles is 1. The van der Waals surface area contributed by atoms with E-state index in [1.165, 1.54) is 5.56 Å². The van der Waals surface area contributed by atoms with E-state index in [4.69, 9.17) is 9.97 Å². The molecule has 3 aromatic heterocycles. The van der Waals surface area contributed by atoms with E-state index in [0.29, 0.717) is 35.3 Å². The van der Waals surface area contributed by atoms with E-state index < -0.39 is 0 Å². The topological polar surface area (TPSA) is 92.3 Å². The summed E-state index contributed by atoms with van der Waals surface area (Å²) < 4.78 is 1.68. The molecule has 0 saturated carbocycles. The van der Waals surface area contributed by atoms with Crippen LogP contribution in [0.5, 0.6) is 0 Å². The van der Waals surface area contributed by atoms with Gasteiger partial charge in [0.2, 0.25) is 0 Å². The molecule has 178 valence electrons. The lowest BCUT2D eigenvalue weighted by Gasteiger charge is -2.16. The maximum atomic E-state index is 9.87. The van der Waals surface area contributed by atoms with Gasteiger partial charge in [0.05, 0.1) is 11.7 Å². The Morgan fingerprint density at radius 1 is 0.917 bits per heavy atom. The van der Waals surface area contributed by atoms with Crippen LogP contribution in [-0.2, 0) is 6.42 Å². The highest BCUT2D eigenvalue weighted by Crippen LogP contribution is 2.29. The number of anilines is 2. The first kappa shape index (κ1) is 23.2. The van der Waals surface area contributed by atoms with Gasteiger partial charge in [0, 0.05) is 23.1 Å². The minimum atomic E-state index is 0.412. The minimum absolute atomic E-state index is 0.412. The molecule has 0 unspecified atom stereocenters. The quantitative estimate of drug-likeness (QED) is 0.339. The fraction of sp³-hybridized carbons (Fsp3) is 0.207. The fourth-order valence-corrected chi connectivity index (χ4v) is 4.45. The van der Waals surface area contributed by atoms with E-state index in [0.717, 1.165) is 38.9 Å². The first-order valence-corrected chi connectivity index (χ1v) is 11.9. The molecule has 0 amide bonds. The van der Waals surface area contributed by atoms with Crippen molar-refractivity contribution in [1.82, 2.24) is 24.7 Å². The fourth-order valence-electron chi connectivity index (χ4n) is 4.45. The third kappa shape index (κ3) is 4.29. The van der Waals surface area contributed by atoms with Gasteiger partial charge < -0.3 is 5.32 Å². The molecule has 0 atom stereocenters. The Kier molecular flexibility index (Phi) is 5.95. The summed E-state index contributed by atoms with van der Waals surface area (Å²) in [4.78, 5) is 14.2. The van der Waals surface area contributed by atoms with Crippen molar-refractivity contribution in [1.29, 1.82) is 5.26 Å². The molecule has 7 heteroatoms. The first-order chi connectivity index (χ1) is 17.3. The monoisotopic (exact) mass is 473 g/mol. The number of nitrogens with zero attached hydrogens (tertiary/aromatic N) is 6. The van der Waals surface area contributed by atoms with Crippen molar-refractivity contribution >= 4 is 22.5 Å². The van der Waals surface area contributed by atoms with Gasteiger partial charge in [-0.25, -0.2) is 15.0 Å². The Morgan fingerprint density at radius 2 is 1.69 bits per heavy atom. The highest BCUT2D eigenvalue weighted by molar-refractivity contribution is 5.85. The number of para-hydroxylation sites is 1. The molecule has 0 aliphatic heterocycles. The largest absolute Gasteiger partial charge is 0.323 e. The zero-order chi connectivity index (χ0) is 25.4. The molecule has 2 aromatic carbocycles. The number of pyridine rings is 1. The lowest BCUT2D eigenvalue weighted by Crippen LogP contribution is -2.11. The number of aromatic nitrogens is 5. The standard InChI is InChI=1S/C29H27N7/c1-17-9-11-22(12-10-17)14-25-20(4)32-21(5)33-28(25)35-29-23(15-30)16-31-36(29)26-13-19(3)24-8-6-7-18(2)27(24)34-26/h6-13,16H,14H2,1-5H3,(H,32,33,35). The molecular weight excluding hydrogens is 446 g/mol. The number of aryl methyl sites for hydroxylation is 5. The second kappa shape index (κ2) is 9.23. The first-order valence-electron chi connectivity index (χ1n) is 11.9. The van der Waals surface area contributed by atoms with Crippen molar-refractivity contribution in [3.05, 3.63) is 99.6 Å². The van der Waals surface area contributed by atoms with Gasteiger partial charge in [0.25, 0.3) is 0 Å². The van der Waals surface area contributed by atoms with Crippen LogP contribution in [0.25, 0.3) is 16.7 Å². The Labute approximate surface area is 210 Å². The summed E-state index contributed by atoms with van der Waals surface area (Å²) in [5.41, 5.74) is 7.75. The molecule has 0 radical (unpaired) electrons. The summed E-state index contributed by atoms with van der Waals surface area (Å²) in [6, 6.07) is 18.8. The summed E-state index contributed by atoms with van der Waals surface area (Å²) in [6.45, 7) is 10.0. The molecule has 0 bridgehead atoms. The Bertz CT molecular complexity index is 1640. The van der Waals surface area contributed by atoms with Gasteiger partial charge in [-0.2, -0.15) is 15.0 Å². The van der Waals surface area contributed by atoms with E-state index in [1.807, 2.05) is 39.0 Å². The second-order valence-electron chi connectivity index (χ2n) is 9.17. The van der Waals surface area contributed by atoms with E-state index in [2.05, 4.69) is 65.6 Å². The number of rotatable bonds is 5. The molecule has 0 aliphatic carbocycles. The van der Waals surface area contributed by atoms with E-state index >= 15 is 0 Å². The SMILES string of the molecule is Cc1ccc(Cc2c(C)nc(C)nc2Nc2c(C#N)cnn2-c2cc(C)c3cccc(C)c3n2)cc1. The molecule has 1 N–H and O–H groups in total. The predicted molar refractivity (Wildman–Crippen MR) is 142 cm³/mol. The Hall–Kier alpha value is -4.57. The smallest absolute Gasteiger partial charge is 0.156 e. The molecule has 36 heavy (non-hydrogen) atoms. The van der Waals surface area contributed by atoms with Crippen molar-refractivity contribution in [2.75, 3.05) is 5.32 Å². The molecule has 0 saturated heterocycles. The summed E-state index contributed by atoms with van der Waals surface area (Å²) in [5.74, 6) is 2.48. The number of nitrogens with one attached hydrogen (secondary N) is 1. The number of hydrogen-bond acceptors (Lipinski definition) is 6. The summed E-state index contributed by atoms with van der Waals surface area (Å²) in [7, 11) is 0. The number of benzene rings is 2. The molecule has 0 aliphatic rings. The molecule has 0 fully saturated rings. The van der Waals surface area contributed by atoms with Gasteiger partial charge >= 0.3 is 0 Å². The van der Waals surface area contributed by atoms with E-state index in [9.17, 15) is 5.26 Å².